The highest BCUT2D eigenvalue weighted by Crippen LogP contribution is 2.25. The van der Waals surface area contributed by atoms with Crippen molar-refractivity contribution < 1.29 is 19.1 Å². The molecule has 0 bridgehead atoms. The monoisotopic (exact) mass is 638 g/mol. The molecule has 3 N–H and O–H groups in total. The third kappa shape index (κ3) is 12.0. The van der Waals surface area contributed by atoms with E-state index in [1.165, 1.54) is 5.56 Å². The van der Waals surface area contributed by atoms with Crippen LogP contribution in [0.3, 0.4) is 0 Å². The fourth-order valence-corrected chi connectivity index (χ4v) is 5.81. The highest BCUT2D eigenvalue weighted by atomic mass is 16.5. The summed E-state index contributed by atoms with van der Waals surface area (Å²) in [6, 6.07) is 25.7. The summed E-state index contributed by atoms with van der Waals surface area (Å²) < 4.78 is 5.69. The Balaban J connectivity index is 1.41. The number of amides is 2. The Morgan fingerprint density at radius 2 is 1.49 bits per heavy atom. The first-order chi connectivity index (χ1) is 22.9. The van der Waals surface area contributed by atoms with Gasteiger partial charge in [-0.25, -0.2) is 4.98 Å². The van der Waals surface area contributed by atoms with Gasteiger partial charge in [0.25, 0.3) is 0 Å². The number of rotatable bonds is 20. The van der Waals surface area contributed by atoms with E-state index in [0.717, 1.165) is 67.4 Å². The summed E-state index contributed by atoms with van der Waals surface area (Å²) in [5, 5.41) is 5.67. The summed E-state index contributed by atoms with van der Waals surface area (Å²) >= 11 is 0. The van der Waals surface area contributed by atoms with Crippen molar-refractivity contribution in [3.8, 4) is 0 Å². The summed E-state index contributed by atoms with van der Waals surface area (Å²) in [4.78, 5) is 47.7. The molecule has 1 aromatic heterocycles. The number of aromatic amines is 1. The average Bonchev–Trinajstić information content (AvgIpc) is 3.51. The maximum atomic E-state index is 13.6. The molecule has 47 heavy (non-hydrogen) atoms. The lowest BCUT2D eigenvalue weighted by Crippen LogP contribution is -2.38. The summed E-state index contributed by atoms with van der Waals surface area (Å²) in [5.41, 5.74) is 5.09. The van der Waals surface area contributed by atoms with Gasteiger partial charge in [0.15, 0.2) is 0 Å². The van der Waals surface area contributed by atoms with E-state index in [2.05, 4.69) is 58.7 Å². The maximum Gasteiger partial charge on any atom is 0.308 e. The predicted molar refractivity (Wildman–Crippen MR) is 188 cm³/mol. The van der Waals surface area contributed by atoms with E-state index < -0.39 is 11.8 Å². The smallest absolute Gasteiger partial charge is 0.308 e. The number of hydrogen-bond acceptors (Lipinski definition) is 5. The molecular formula is C39H50N4O4. The van der Waals surface area contributed by atoms with Crippen molar-refractivity contribution in [2.24, 2.45) is 11.8 Å². The molecule has 4 aromatic rings. The number of benzene rings is 3. The minimum atomic E-state index is -0.450. The lowest BCUT2D eigenvalue weighted by atomic mass is 9.86. The van der Waals surface area contributed by atoms with Crippen LogP contribution in [0.15, 0.2) is 78.9 Å². The molecular weight excluding hydrogens is 588 g/mol. The first kappa shape index (κ1) is 35.4. The number of para-hydroxylation sites is 3. The number of esters is 1. The molecule has 0 saturated carbocycles. The van der Waals surface area contributed by atoms with Crippen LogP contribution in [-0.4, -0.2) is 40.9 Å². The van der Waals surface area contributed by atoms with Crippen LogP contribution in [0.5, 0.6) is 0 Å². The molecule has 0 fully saturated rings. The molecule has 0 spiro atoms. The second-order valence-corrected chi connectivity index (χ2v) is 12.3. The molecule has 0 aliphatic carbocycles. The van der Waals surface area contributed by atoms with Crippen molar-refractivity contribution in [1.82, 2.24) is 15.3 Å². The minimum absolute atomic E-state index is 0.140. The fraction of sp³-hybridized carbons (Fsp3) is 0.436. The average molecular weight is 639 g/mol. The number of aryl methyl sites for hydroxylation is 3. The van der Waals surface area contributed by atoms with Crippen molar-refractivity contribution in [1.29, 1.82) is 0 Å². The lowest BCUT2D eigenvalue weighted by Gasteiger charge is -2.23. The normalized spacial score (nSPS) is 12.4. The first-order valence-corrected chi connectivity index (χ1v) is 17.3. The fourth-order valence-electron chi connectivity index (χ4n) is 5.81. The molecule has 0 radical (unpaired) electrons. The number of hydrogen-bond donors (Lipinski definition) is 3. The zero-order chi connectivity index (χ0) is 33.3. The van der Waals surface area contributed by atoms with Gasteiger partial charge in [0.05, 0.1) is 30.1 Å². The van der Waals surface area contributed by atoms with Crippen molar-refractivity contribution in [3.63, 3.8) is 0 Å². The third-order valence-electron chi connectivity index (χ3n) is 8.49. The standard InChI is InChI=1S/C39H50N4O4/c1-3-5-26-47-39(46)32(14-9-12-19-36-42-34-17-10-11-18-35(34)43-36)27-31(25-24-30-22-20-29(13-4-2)21-23-30)38(45)40-28-37(44)41-33-15-7-6-8-16-33/h6-8,10-11,15-18,20-23,31-32H,3-5,9,12-14,19,24-28H2,1-2H3,(H,40,45)(H,41,44)(H,42,43)/t31-,32?/m1/s1. The number of imidazole rings is 1. The molecule has 0 saturated heterocycles. The lowest BCUT2D eigenvalue weighted by molar-refractivity contribution is -0.150. The van der Waals surface area contributed by atoms with E-state index >= 15 is 0 Å². The predicted octanol–water partition coefficient (Wildman–Crippen LogP) is 7.58. The van der Waals surface area contributed by atoms with Gasteiger partial charge in [0.1, 0.15) is 5.82 Å². The van der Waals surface area contributed by atoms with Gasteiger partial charge in [-0.1, -0.05) is 87.7 Å². The van der Waals surface area contributed by atoms with Gasteiger partial charge in [-0.2, -0.15) is 0 Å². The van der Waals surface area contributed by atoms with Crippen LogP contribution in [0.2, 0.25) is 0 Å². The van der Waals surface area contributed by atoms with E-state index in [-0.39, 0.29) is 24.3 Å². The molecule has 1 heterocycles. The maximum absolute atomic E-state index is 13.6. The number of carbonyl (C=O) groups is 3. The number of anilines is 1. The Morgan fingerprint density at radius 3 is 2.21 bits per heavy atom. The number of nitrogens with zero attached hydrogens (tertiary/aromatic N) is 1. The third-order valence-corrected chi connectivity index (χ3v) is 8.49. The van der Waals surface area contributed by atoms with Crippen molar-refractivity contribution in [2.75, 3.05) is 18.5 Å². The second-order valence-electron chi connectivity index (χ2n) is 12.3. The van der Waals surface area contributed by atoms with Crippen LogP contribution in [0, 0.1) is 11.8 Å². The van der Waals surface area contributed by atoms with Crippen LogP contribution in [0.25, 0.3) is 11.0 Å². The minimum Gasteiger partial charge on any atom is -0.465 e. The summed E-state index contributed by atoms with van der Waals surface area (Å²) in [7, 11) is 0. The van der Waals surface area contributed by atoms with Crippen molar-refractivity contribution >= 4 is 34.5 Å². The van der Waals surface area contributed by atoms with E-state index in [1.807, 2.05) is 42.5 Å². The van der Waals surface area contributed by atoms with Crippen molar-refractivity contribution in [3.05, 3.63) is 95.8 Å². The summed E-state index contributed by atoms with van der Waals surface area (Å²) in [5.74, 6) is -0.687. The van der Waals surface area contributed by atoms with Crippen LogP contribution in [-0.2, 0) is 38.4 Å². The molecule has 8 nitrogen and oxygen atoms in total. The molecule has 2 amide bonds. The molecule has 8 heteroatoms. The van der Waals surface area contributed by atoms with Gasteiger partial charge in [-0.3, -0.25) is 14.4 Å². The van der Waals surface area contributed by atoms with Gasteiger partial charge < -0.3 is 20.4 Å². The zero-order valence-corrected chi connectivity index (χ0v) is 27.9. The van der Waals surface area contributed by atoms with Gasteiger partial charge in [0, 0.05) is 18.0 Å². The number of fused-ring (bicyclic) bond motifs is 1. The van der Waals surface area contributed by atoms with Crippen LogP contribution >= 0.6 is 0 Å². The largest absolute Gasteiger partial charge is 0.465 e. The topological polar surface area (TPSA) is 113 Å². The number of carbonyl (C=O) groups excluding carboxylic acids is 3. The SMILES string of the molecule is CCCCOC(=O)C(CCCCc1nc2ccccc2[nH]1)C[C@@H](CCc1ccc(CCC)cc1)C(=O)NCC(=O)Nc1ccccc1. The van der Waals surface area contributed by atoms with Gasteiger partial charge >= 0.3 is 5.97 Å². The molecule has 2 atom stereocenters. The van der Waals surface area contributed by atoms with Crippen LogP contribution in [0.1, 0.15) is 82.2 Å². The van der Waals surface area contributed by atoms with E-state index in [1.54, 1.807) is 12.1 Å². The zero-order valence-electron chi connectivity index (χ0n) is 27.9. The van der Waals surface area contributed by atoms with E-state index in [9.17, 15) is 14.4 Å². The number of ether oxygens (including phenoxy) is 1. The summed E-state index contributed by atoms with van der Waals surface area (Å²) in [6.45, 7) is 4.47. The van der Waals surface area contributed by atoms with Gasteiger partial charge in [-0.05, 0) is 80.3 Å². The van der Waals surface area contributed by atoms with Gasteiger partial charge in [0.2, 0.25) is 11.8 Å². The van der Waals surface area contributed by atoms with Crippen LogP contribution in [0.4, 0.5) is 5.69 Å². The van der Waals surface area contributed by atoms with Crippen LogP contribution < -0.4 is 10.6 Å². The van der Waals surface area contributed by atoms with Crippen molar-refractivity contribution in [2.45, 2.75) is 84.5 Å². The Morgan fingerprint density at radius 1 is 0.766 bits per heavy atom. The molecule has 0 aliphatic rings. The highest BCUT2D eigenvalue weighted by Gasteiger charge is 2.28. The van der Waals surface area contributed by atoms with E-state index in [4.69, 9.17) is 4.74 Å². The molecule has 250 valence electrons. The second kappa shape index (κ2) is 19.3. The summed E-state index contributed by atoms with van der Waals surface area (Å²) in [6.07, 6.45) is 8.56. The molecule has 4 rings (SSSR count). The van der Waals surface area contributed by atoms with E-state index in [0.29, 0.717) is 38.0 Å². The first-order valence-electron chi connectivity index (χ1n) is 17.3. The Hall–Kier alpha value is -4.46. The highest BCUT2D eigenvalue weighted by molar-refractivity contribution is 5.94. The quantitative estimate of drug-likeness (QED) is 0.0682. The number of nitrogens with one attached hydrogen (secondary N) is 3. The molecule has 0 aliphatic heterocycles. The Bertz CT molecular complexity index is 1500. The molecule has 1 unspecified atom stereocenters. The Labute approximate surface area is 279 Å². The number of H-pyrrole nitrogens is 1. The van der Waals surface area contributed by atoms with Gasteiger partial charge in [-0.15, -0.1) is 0 Å². The number of unbranched alkanes of at least 4 members (excludes halogenated alkanes) is 2. The number of aromatic nitrogens is 2. The Kier molecular flexibility index (Phi) is 14.5. The molecule has 3 aromatic carbocycles.